The Morgan fingerprint density at radius 1 is 1.17 bits per heavy atom. The lowest BCUT2D eigenvalue weighted by Crippen LogP contribution is -2.33. The minimum atomic E-state index is 0.0272. The van der Waals surface area contributed by atoms with Gasteiger partial charge in [0.15, 0.2) is 0 Å². The number of carbonyl (C=O) groups is 1. The molecule has 1 amide bonds. The van der Waals surface area contributed by atoms with E-state index in [1.165, 1.54) is 27.8 Å². The van der Waals surface area contributed by atoms with Crippen molar-refractivity contribution in [2.75, 3.05) is 11.9 Å². The maximum atomic E-state index is 12.9. The van der Waals surface area contributed by atoms with Crippen LogP contribution in [0.3, 0.4) is 0 Å². The number of nitrogens with one attached hydrogen (secondary N) is 2. The summed E-state index contributed by atoms with van der Waals surface area (Å²) in [4.78, 5) is 12.9. The van der Waals surface area contributed by atoms with Crippen molar-refractivity contribution in [1.82, 2.24) is 5.32 Å². The number of aryl methyl sites for hydroxylation is 3. The monoisotopic (exact) mass is 388 g/mol. The van der Waals surface area contributed by atoms with Crippen molar-refractivity contribution in [2.45, 2.75) is 58.9 Å². The Bertz CT molecular complexity index is 936. The lowest BCUT2D eigenvalue weighted by Gasteiger charge is -2.39. The summed E-state index contributed by atoms with van der Waals surface area (Å²) < 4.78 is 0. The zero-order valence-corrected chi connectivity index (χ0v) is 18.0. The number of allylic oxidation sites excluding steroid dienone is 2. The number of amides is 1. The van der Waals surface area contributed by atoms with Crippen molar-refractivity contribution in [3.8, 4) is 0 Å². The molecular formula is C26H32N2O. The molecule has 3 unspecified atom stereocenters. The fraction of sp³-hybridized carbons (Fsp3) is 0.423. The molecule has 3 nitrogen and oxygen atoms in total. The molecule has 0 spiro atoms. The average molecular weight is 389 g/mol. The molecule has 29 heavy (non-hydrogen) atoms. The van der Waals surface area contributed by atoms with Gasteiger partial charge in [0.2, 0.25) is 0 Å². The molecule has 0 saturated carbocycles. The maximum Gasteiger partial charge on any atom is 0.253 e. The van der Waals surface area contributed by atoms with E-state index in [1.54, 1.807) is 0 Å². The van der Waals surface area contributed by atoms with Crippen LogP contribution in [0.5, 0.6) is 0 Å². The largest absolute Gasteiger partial charge is 0.377 e. The normalized spacial score (nSPS) is 22.0. The Labute approximate surface area is 174 Å². The summed E-state index contributed by atoms with van der Waals surface area (Å²) in [5.41, 5.74) is 8.39. The summed E-state index contributed by atoms with van der Waals surface area (Å²) in [7, 11) is 0. The van der Waals surface area contributed by atoms with Gasteiger partial charge in [-0.15, -0.1) is 0 Å². The van der Waals surface area contributed by atoms with E-state index in [0.717, 1.165) is 37.1 Å². The van der Waals surface area contributed by atoms with E-state index in [0.29, 0.717) is 11.8 Å². The molecule has 2 aliphatic rings. The first kappa shape index (κ1) is 19.8. The third-order valence-electron chi connectivity index (χ3n) is 6.51. The fourth-order valence-electron chi connectivity index (χ4n) is 5.25. The number of rotatable bonds is 5. The predicted molar refractivity (Wildman–Crippen MR) is 121 cm³/mol. The van der Waals surface area contributed by atoms with Gasteiger partial charge in [-0.05, 0) is 67.9 Å². The third kappa shape index (κ3) is 3.59. The highest BCUT2D eigenvalue weighted by molar-refractivity contribution is 6.00. The minimum absolute atomic E-state index is 0.0272. The molecule has 0 radical (unpaired) electrons. The first-order valence-corrected chi connectivity index (χ1v) is 10.9. The van der Waals surface area contributed by atoms with Crippen molar-refractivity contribution in [2.24, 2.45) is 5.92 Å². The van der Waals surface area contributed by atoms with Gasteiger partial charge >= 0.3 is 0 Å². The second kappa shape index (κ2) is 8.06. The Kier molecular flexibility index (Phi) is 5.49. The van der Waals surface area contributed by atoms with Crippen LogP contribution < -0.4 is 10.6 Å². The van der Waals surface area contributed by atoms with E-state index in [9.17, 15) is 4.79 Å². The Balaban J connectivity index is 1.76. The molecule has 1 aliphatic heterocycles. The molecule has 152 valence electrons. The number of unbranched alkanes of at least 4 members (excludes halogenated alkanes) is 1. The SMILES string of the molecule is CCCCNC(=O)c1cccc2c1NC(c1c(C)cc(C)cc1C)C1CC=CC21. The second-order valence-electron chi connectivity index (χ2n) is 8.67. The molecule has 2 aromatic rings. The lowest BCUT2D eigenvalue weighted by molar-refractivity contribution is 0.0953. The van der Waals surface area contributed by atoms with E-state index in [2.05, 4.69) is 68.7 Å². The summed E-state index contributed by atoms with van der Waals surface area (Å²) in [6.45, 7) is 9.46. The van der Waals surface area contributed by atoms with Crippen LogP contribution in [0.2, 0.25) is 0 Å². The van der Waals surface area contributed by atoms with Crippen LogP contribution in [-0.2, 0) is 0 Å². The first-order valence-electron chi connectivity index (χ1n) is 10.9. The summed E-state index contributed by atoms with van der Waals surface area (Å²) >= 11 is 0. The Morgan fingerprint density at radius 2 is 1.93 bits per heavy atom. The standard InChI is InChI=1S/C26H32N2O/c1-5-6-13-27-26(29)22-12-8-10-20-19-9-7-11-21(19)25(28-24(20)22)23-17(3)14-16(2)15-18(23)4/h7-10,12,14-15,19,21,25,28H,5-6,11,13H2,1-4H3,(H,27,29). The van der Waals surface area contributed by atoms with Gasteiger partial charge in [-0.25, -0.2) is 0 Å². The van der Waals surface area contributed by atoms with Crippen LogP contribution in [0.15, 0.2) is 42.5 Å². The van der Waals surface area contributed by atoms with Crippen molar-refractivity contribution in [3.05, 3.63) is 75.9 Å². The number of fused-ring (bicyclic) bond motifs is 3. The van der Waals surface area contributed by atoms with Crippen molar-refractivity contribution < 1.29 is 4.79 Å². The highest BCUT2D eigenvalue weighted by Gasteiger charge is 2.40. The molecule has 1 heterocycles. The van der Waals surface area contributed by atoms with Crippen LogP contribution in [0, 0.1) is 26.7 Å². The second-order valence-corrected chi connectivity index (χ2v) is 8.67. The molecule has 1 aliphatic carbocycles. The highest BCUT2D eigenvalue weighted by atomic mass is 16.1. The van der Waals surface area contributed by atoms with E-state index in [-0.39, 0.29) is 11.9 Å². The smallest absolute Gasteiger partial charge is 0.253 e. The molecule has 0 saturated heterocycles. The van der Waals surface area contributed by atoms with E-state index in [4.69, 9.17) is 0 Å². The van der Waals surface area contributed by atoms with Gasteiger partial charge in [0.25, 0.3) is 5.91 Å². The number of anilines is 1. The fourth-order valence-corrected chi connectivity index (χ4v) is 5.25. The number of hydrogen-bond acceptors (Lipinski definition) is 2. The number of carbonyl (C=O) groups excluding carboxylic acids is 1. The van der Waals surface area contributed by atoms with Gasteiger partial charge in [-0.1, -0.05) is 55.3 Å². The van der Waals surface area contributed by atoms with E-state index < -0.39 is 0 Å². The molecule has 2 N–H and O–H groups in total. The van der Waals surface area contributed by atoms with E-state index in [1.807, 2.05) is 12.1 Å². The molecule has 2 aromatic carbocycles. The summed E-state index contributed by atoms with van der Waals surface area (Å²) in [6, 6.07) is 10.9. The van der Waals surface area contributed by atoms with Gasteiger partial charge < -0.3 is 10.6 Å². The van der Waals surface area contributed by atoms with Crippen LogP contribution in [0.25, 0.3) is 0 Å². The van der Waals surface area contributed by atoms with Crippen LogP contribution in [0.4, 0.5) is 5.69 Å². The Morgan fingerprint density at radius 3 is 2.66 bits per heavy atom. The summed E-state index contributed by atoms with van der Waals surface area (Å²) in [5, 5.41) is 6.92. The van der Waals surface area contributed by atoms with Gasteiger partial charge in [-0.2, -0.15) is 0 Å². The van der Waals surface area contributed by atoms with Crippen molar-refractivity contribution in [1.29, 1.82) is 0 Å². The quantitative estimate of drug-likeness (QED) is 0.489. The first-order chi connectivity index (χ1) is 14.0. The van der Waals surface area contributed by atoms with Crippen molar-refractivity contribution >= 4 is 11.6 Å². The summed E-state index contributed by atoms with van der Waals surface area (Å²) in [5.74, 6) is 0.875. The van der Waals surface area contributed by atoms with Crippen LogP contribution >= 0.6 is 0 Å². The zero-order chi connectivity index (χ0) is 20.5. The highest BCUT2D eigenvalue weighted by Crippen LogP contribution is 2.51. The van der Waals surface area contributed by atoms with Gasteiger partial charge in [0.05, 0.1) is 17.3 Å². The molecule has 0 aromatic heterocycles. The molecule has 0 fully saturated rings. The molecular weight excluding hydrogens is 356 g/mol. The number of benzene rings is 2. The van der Waals surface area contributed by atoms with Crippen LogP contribution in [0.1, 0.15) is 76.3 Å². The predicted octanol–water partition coefficient (Wildman–Crippen LogP) is 5.97. The number of para-hydroxylation sites is 1. The third-order valence-corrected chi connectivity index (χ3v) is 6.51. The lowest BCUT2D eigenvalue weighted by atomic mass is 9.74. The van der Waals surface area contributed by atoms with E-state index >= 15 is 0 Å². The van der Waals surface area contributed by atoms with Crippen LogP contribution in [-0.4, -0.2) is 12.5 Å². The summed E-state index contributed by atoms with van der Waals surface area (Å²) in [6.07, 6.45) is 7.81. The number of hydrogen-bond donors (Lipinski definition) is 2. The molecule has 0 bridgehead atoms. The van der Waals surface area contributed by atoms with Crippen molar-refractivity contribution in [3.63, 3.8) is 0 Å². The molecule has 3 heteroatoms. The van der Waals surface area contributed by atoms with Gasteiger partial charge in [-0.3, -0.25) is 4.79 Å². The maximum absolute atomic E-state index is 12.9. The van der Waals surface area contributed by atoms with Gasteiger partial charge in [0.1, 0.15) is 0 Å². The Hall–Kier alpha value is -2.55. The average Bonchev–Trinajstić information content (AvgIpc) is 3.17. The zero-order valence-electron chi connectivity index (χ0n) is 18.0. The minimum Gasteiger partial charge on any atom is -0.377 e. The topological polar surface area (TPSA) is 41.1 Å². The molecule has 4 rings (SSSR count). The molecule has 3 atom stereocenters. The van der Waals surface area contributed by atoms with Gasteiger partial charge in [0, 0.05) is 12.5 Å².